The molecule has 0 N–H and O–H groups in total. The number of rotatable bonds is 3. The molecule has 7 nitrogen and oxygen atoms in total. The summed E-state index contributed by atoms with van der Waals surface area (Å²) >= 11 is 0. The van der Waals surface area contributed by atoms with E-state index in [9.17, 15) is 19.5 Å². The van der Waals surface area contributed by atoms with Crippen LogP contribution < -0.4 is 10.0 Å². The van der Waals surface area contributed by atoms with E-state index in [0.29, 0.717) is 0 Å². The van der Waals surface area contributed by atoms with Gasteiger partial charge in [0.05, 0.1) is 35.4 Å². The van der Waals surface area contributed by atoms with Gasteiger partial charge in [0.1, 0.15) is 6.04 Å². The highest BCUT2D eigenvalue weighted by molar-refractivity contribution is 6.22. The van der Waals surface area contributed by atoms with Crippen molar-refractivity contribution in [2.75, 3.05) is 4.90 Å². The molecule has 0 unspecified atom stereocenters. The number of aromatic nitrogens is 2. The number of amides is 2. The number of nitrogens with zero attached hydrogens (tertiary/aromatic N) is 3. The van der Waals surface area contributed by atoms with E-state index >= 15 is 0 Å². The van der Waals surface area contributed by atoms with Crippen LogP contribution in [0.5, 0.6) is 0 Å². The predicted octanol–water partition coefficient (Wildman–Crippen LogP) is 0.904. The van der Waals surface area contributed by atoms with Gasteiger partial charge in [-0.05, 0) is 29.8 Å². The normalized spacial score (nSPS) is 17.4. The van der Waals surface area contributed by atoms with E-state index in [2.05, 4.69) is 4.98 Å². The molecule has 0 spiro atoms. The number of para-hydroxylation sites is 2. The number of benzene rings is 2. The van der Waals surface area contributed by atoms with Crippen molar-refractivity contribution in [1.82, 2.24) is 9.55 Å². The maximum atomic E-state index is 12.8. The van der Waals surface area contributed by atoms with Gasteiger partial charge in [-0.1, -0.05) is 24.3 Å². The van der Waals surface area contributed by atoms with E-state index in [1.54, 1.807) is 10.9 Å². The van der Waals surface area contributed by atoms with Crippen LogP contribution in [0.3, 0.4) is 0 Å². The molecule has 1 aliphatic heterocycles. The number of imide groups is 1. The van der Waals surface area contributed by atoms with Crippen molar-refractivity contribution in [2.24, 2.45) is 0 Å². The summed E-state index contributed by atoms with van der Waals surface area (Å²) in [4.78, 5) is 41.5. The van der Waals surface area contributed by atoms with E-state index in [4.69, 9.17) is 0 Å². The first-order valence-corrected chi connectivity index (χ1v) is 7.66. The summed E-state index contributed by atoms with van der Waals surface area (Å²) in [5.74, 6) is -2.16. The van der Waals surface area contributed by atoms with Crippen LogP contribution in [0.1, 0.15) is 22.8 Å². The van der Waals surface area contributed by atoms with Crippen LogP contribution in [0.25, 0.3) is 11.0 Å². The fourth-order valence-electron chi connectivity index (χ4n) is 3.10. The predicted molar refractivity (Wildman–Crippen MR) is 86.7 cm³/mol. The molecule has 4 rings (SSSR count). The Morgan fingerprint density at radius 2 is 1.92 bits per heavy atom. The van der Waals surface area contributed by atoms with Gasteiger partial charge in [-0.15, -0.1) is 0 Å². The number of carbonyl (C=O) groups excluding carboxylic acids is 3. The Morgan fingerprint density at radius 3 is 2.72 bits per heavy atom. The summed E-state index contributed by atoms with van der Waals surface area (Å²) in [6.07, 6.45) is 1.54. The first-order chi connectivity index (χ1) is 12.1. The molecule has 124 valence electrons. The van der Waals surface area contributed by atoms with Crippen LogP contribution in [-0.2, 0) is 9.59 Å². The highest BCUT2D eigenvalue weighted by Gasteiger charge is 2.41. The molecule has 1 atom stereocenters. The van der Waals surface area contributed by atoms with Crippen LogP contribution >= 0.6 is 0 Å². The van der Waals surface area contributed by atoms with E-state index in [1.807, 2.05) is 24.3 Å². The first-order valence-electron chi connectivity index (χ1n) is 7.66. The summed E-state index contributed by atoms with van der Waals surface area (Å²) in [5, 5.41) is 11.0. The second-order valence-corrected chi connectivity index (χ2v) is 5.77. The first kappa shape index (κ1) is 15.1. The molecule has 0 aliphatic carbocycles. The van der Waals surface area contributed by atoms with Gasteiger partial charge in [-0.2, -0.15) is 0 Å². The number of anilines is 1. The average molecular weight is 334 g/mol. The fraction of sp³-hybridized carbons (Fsp3) is 0.111. The monoisotopic (exact) mass is 334 g/mol. The Balaban J connectivity index is 1.73. The molecule has 1 saturated heterocycles. The standard InChI is InChI=1S/C18H13N3O4/c22-16-9-15(20-10-19-13-6-1-2-7-14(13)20)17(23)21(16)12-5-3-4-11(8-12)18(24)25/h1-8,10,15H,9H2,(H,24,25)/p-1/t15-/m1/s1. The minimum atomic E-state index is -1.36. The SMILES string of the molecule is O=C([O-])c1cccc(N2C(=O)C[C@@H](n3cnc4ccccc43)C2=O)c1. The molecule has 2 aromatic carbocycles. The number of hydrogen-bond acceptors (Lipinski definition) is 5. The number of carboxylic acid groups (broad SMARTS) is 1. The van der Waals surface area contributed by atoms with Gasteiger partial charge in [0.2, 0.25) is 5.91 Å². The molecule has 7 heteroatoms. The van der Waals surface area contributed by atoms with E-state index in [0.717, 1.165) is 15.9 Å². The third kappa shape index (κ3) is 2.37. The van der Waals surface area contributed by atoms with Crippen molar-refractivity contribution in [1.29, 1.82) is 0 Å². The van der Waals surface area contributed by atoms with Gasteiger partial charge < -0.3 is 14.5 Å². The number of carbonyl (C=O) groups is 3. The Hall–Kier alpha value is -3.48. The topological polar surface area (TPSA) is 95.3 Å². The summed E-state index contributed by atoms with van der Waals surface area (Å²) in [6, 6.07) is 12.3. The quantitative estimate of drug-likeness (QED) is 0.663. The lowest BCUT2D eigenvalue weighted by atomic mass is 10.2. The van der Waals surface area contributed by atoms with Gasteiger partial charge in [-0.3, -0.25) is 9.59 Å². The number of aromatic carboxylic acids is 1. The highest BCUT2D eigenvalue weighted by atomic mass is 16.4. The number of imidazole rings is 1. The van der Waals surface area contributed by atoms with Crippen LogP contribution in [0, 0.1) is 0 Å². The average Bonchev–Trinajstić information content (AvgIpc) is 3.15. The second-order valence-electron chi connectivity index (χ2n) is 5.77. The van der Waals surface area contributed by atoms with Gasteiger partial charge in [0, 0.05) is 0 Å². The maximum absolute atomic E-state index is 12.8. The Labute approximate surface area is 142 Å². The van der Waals surface area contributed by atoms with E-state index in [-0.39, 0.29) is 23.6 Å². The third-order valence-electron chi connectivity index (χ3n) is 4.28. The molecule has 1 aliphatic rings. The molecule has 2 heterocycles. The molecule has 1 aromatic heterocycles. The molecular formula is C18H12N3O4-. The lowest BCUT2D eigenvalue weighted by Crippen LogP contribution is -2.31. The number of carboxylic acids is 1. The number of fused-ring (bicyclic) bond motifs is 1. The zero-order valence-corrected chi connectivity index (χ0v) is 13.0. The Kier molecular flexibility index (Phi) is 3.35. The van der Waals surface area contributed by atoms with Crippen molar-refractivity contribution in [3.63, 3.8) is 0 Å². The van der Waals surface area contributed by atoms with Crippen molar-refractivity contribution in [2.45, 2.75) is 12.5 Å². The molecule has 25 heavy (non-hydrogen) atoms. The minimum Gasteiger partial charge on any atom is -0.545 e. The smallest absolute Gasteiger partial charge is 0.257 e. The van der Waals surface area contributed by atoms with Crippen LogP contribution in [0.2, 0.25) is 0 Å². The van der Waals surface area contributed by atoms with Crippen molar-refractivity contribution in [3.8, 4) is 0 Å². The van der Waals surface area contributed by atoms with Gasteiger partial charge >= 0.3 is 0 Å². The van der Waals surface area contributed by atoms with Crippen LogP contribution in [0.15, 0.2) is 54.9 Å². The molecule has 1 fully saturated rings. The molecule has 0 saturated carbocycles. The van der Waals surface area contributed by atoms with Gasteiger partial charge in [0.25, 0.3) is 5.91 Å². The van der Waals surface area contributed by atoms with E-state index < -0.39 is 17.9 Å². The van der Waals surface area contributed by atoms with Crippen LogP contribution in [-0.4, -0.2) is 27.3 Å². The highest BCUT2D eigenvalue weighted by Crippen LogP contribution is 2.32. The Bertz CT molecular complexity index is 1020. The van der Waals surface area contributed by atoms with Crippen molar-refractivity contribution in [3.05, 3.63) is 60.4 Å². The van der Waals surface area contributed by atoms with Crippen molar-refractivity contribution < 1.29 is 19.5 Å². The molecule has 3 aromatic rings. The third-order valence-corrected chi connectivity index (χ3v) is 4.28. The Morgan fingerprint density at radius 1 is 1.12 bits per heavy atom. The lowest BCUT2D eigenvalue weighted by Gasteiger charge is -2.17. The van der Waals surface area contributed by atoms with Gasteiger partial charge in [0.15, 0.2) is 0 Å². The number of hydrogen-bond donors (Lipinski definition) is 0. The van der Waals surface area contributed by atoms with Gasteiger partial charge in [-0.25, -0.2) is 9.88 Å². The summed E-state index contributed by atoms with van der Waals surface area (Å²) in [5.41, 5.74) is 1.64. The minimum absolute atomic E-state index is 0.00522. The fourth-order valence-corrected chi connectivity index (χ4v) is 3.10. The zero-order valence-electron chi connectivity index (χ0n) is 13.0. The van der Waals surface area contributed by atoms with Crippen molar-refractivity contribution >= 4 is 34.5 Å². The lowest BCUT2D eigenvalue weighted by molar-refractivity contribution is -0.255. The zero-order chi connectivity index (χ0) is 17.6. The molecule has 0 bridgehead atoms. The second kappa shape index (κ2) is 5.55. The summed E-state index contributed by atoms with van der Waals surface area (Å²) < 4.78 is 1.68. The molecule has 0 radical (unpaired) electrons. The van der Waals surface area contributed by atoms with Crippen LogP contribution in [0.4, 0.5) is 5.69 Å². The molecular weight excluding hydrogens is 322 g/mol. The summed E-state index contributed by atoms with van der Waals surface area (Å²) in [6.45, 7) is 0. The summed E-state index contributed by atoms with van der Waals surface area (Å²) in [7, 11) is 0. The maximum Gasteiger partial charge on any atom is 0.257 e. The largest absolute Gasteiger partial charge is 0.545 e. The van der Waals surface area contributed by atoms with E-state index in [1.165, 1.54) is 24.3 Å². The molecule has 2 amide bonds.